The summed E-state index contributed by atoms with van der Waals surface area (Å²) in [5, 5.41) is 3.77. The number of benzene rings is 3. The molecule has 1 N–H and O–H groups in total. The van der Waals surface area contributed by atoms with Gasteiger partial charge in [0.15, 0.2) is 0 Å². The van der Waals surface area contributed by atoms with Crippen LogP contribution in [0.1, 0.15) is 28.4 Å². The normalized spacial score (nSPS) is 11.2. The monoisotopic (exact) mass is 452 g/mol. The Morgan fingerprint density at radius 1 is 0.906 bits per heavy atom. The summed E-state index contributed by atoms with van der Waals surface area (Å²) < 4.78 is 34.8. The van der Waals surface area contributed by atoms with Crippen LogP contribution in [0, 0.1) is 6.92 Å². The van der Waals surface area contributed by atoms with Gasteiger partial charge in [-0.2, -0.15) is 13.5 Å². The van der Waals surface area contributed by atoms with E-state index in [0.29, 0.717) is 5.56 Å². The molecule has 0 amide bonds. The molecule has 0 bridgehead atoms. The number of esters is 2. The van der Waals surface area contributed by atoms with Crippen molar-refractivity contribution in [2.45, 2.75) is 18.7 Å². The van der Waals surface area contributed by atoms with Crippen LogP contribution in [0.5, 0.6) is 11.5 Å². The highest BCUT2D eigenvalue weighted by atomic mass is 32.2. The van der Waals surface area contributed by atoms with Crippen molar-refractivity contribution < 1.29 is 27.5 Å². The maximum atomic E-state index is 12.4. The van der Waals surface area contributed by atoms with Gasteiger partial charge in [-0.3, -0.25) is 4.79 Å². The summed E-state index contributed by atoms with van der Waals surface area (Å²) in [5.74, 6) is -0.874. The number of aryl methyl sites for hydroxylation is 1. The van der Waals surface area contributed by atoms with Crippen LogP contribution in [0.4, 0.5) is 0 Å². The molecule has 0 atom stereocenters. The topological polar surface area (TPSA) is 111 Å². The molecule has 8 nitrogen and oxygen atoms in total. The maximum absolute atomic E-state index is 12.4. The number of hydrogen-bond donors (Lipinski definition) is 1. The minimum atomic E-state index is -3.77. The first kappa shape index (κ1) is 22.7. The van der Waals surface area contributed by atoms with Gasteiger partial charge < -0.3 is 9.47 Å². The Bertz CT molecular complexity index is 1250. The summed E-state index contributed by atoms with van der Waals surface area (Å²) in [6, 6.07) is 18.9. The quantitative estimate of drug-likeness (QED) is 0.254. The van der Waals surface area contributed by atoms with Crippen LogP contribution in [0.3, 0.4) is 0 Å². The SMILES string of the molecule is CC(=O)Oc1ccccc1C(=O)Oc1ccc(C=NNS(=O)(=O)c2ccc(C)cc2)cc1. The van der Waals surface area contributed by atoms with Gasteiger partial charge in [0, 0.05) is 6.92 Å². The second-order valence-electron chi connectivity index (χ2n) is 6.71. The molecule has 3 aromatic carbocycles. The van der Waals surface area contributed by atoms with Crippen molar-refractivity contribution in [3.63, 3.8) is 0 Å². The second-order valence-corrected chi connectivity index (χ2v) is 8.38. The molecule has 0 aromatic heterocycles. The van der Waals surface area contributed by atoms with E-state index >= 15 is 0 Å². The van der Waals surface area contributed by atoms with E-state index in [1.165, 1.54) is 49.5 Å². The van der Waals surface area contributed by atoms with E-state index in [2.05, 4.69) is 9.93 Å². The van der Waals surface area contributed by atoms with E-state index in [0.717, 1.165) is 5.56 Å². The molecule has 0 saturated carbocycles. The third kappa shape index (κ3) is 6.02. The highest BCUT2D eigenvalue weighted by Crippen LogP contribution is 2.21. The van der Waals surface area contributed by atoms with Crippen LogP contribution in [0.15, 0.2) is 82.8 Å². The average molecular weight is 452 g/mol. The van der Waals surface area contributed by atoms with Gasteiger partial charge in [0.05, 0.1) is 11.1 Å². The molecule has 0 radical (unpaired) electrons. The molecular weight excluding hydrogens is 432 g/mol. The predicted octanol–water partition coefficient (Wildman–Crippen LogP) is 3.45. The lowest BCUT2D eigenvalue weighted by Crippen LogP contribution is -2.18. The third-order valence-corrected chi connectivity index (χ3v) is 5.41. The lowest BCUT2D eigenvalue weighted by atomic mass is 10.2. The summed E-state index contributed by atoms with van der Waals surface area (Å²) in [7, 11) is -3.77. The Kier molecular flexibility index (Phi) is 7.01. The number of nitrogens with one attached hydrogen (secondary N) is 1. The molecule has 32 heavy (non-hydrogen) atoms. The minimum absolute atomic E-state index is 0.106. The first-order valence-electron chi connectivity index (χ1n) is 9.46. The number of sulfonamides is 1. The summed E-state index contributed by atoms with van der Waals surface area (Å²) in [6.45, 7) is 3.10. The van der Waals surface area contributed by atoms with Crippen LogP contribution in [-0.2, 0) is 14.8 Å². The van der Waals surface area contributed by atoms with Gasteiger partial charge in [0.2, 0.25) is 0 Å². The fourth-order valence-electron chi connectivity index (χ4n) is 2.60. The number of carbonyl (C=O) groups excluding carboxylic acids is 2. The maximum Gasteiger partial charge on any atom is 0.347 e. The Morgan fingerprint density at radius 2 is 1.56 bits per heavy atom. The number of ether oxygens (including phenoxy) is 2. The van der Waals surface area contributed by atoms with Gasteiger partial charge >= 0.3 is 11.9 Å². The molecule has 0 saturated heterocycles. The van der Waals surface area contributed by atoms with Crippen LogP contribution in [0.25, 0.3) is 0 Å². The van der Waals surface area contributed by atoms with Crippen molar-refractivity contribution in [1.29, 1.82) is 0 Å². The van der Waals surface area contributed by atoms with E-state index in [1.54, 1.807) is 36.4 Å². The molecule has 0 aliphatic carbocycles. The van der Waals surface area contributed by atoms with Gasteiger partial charge in [-0.15, -0.1) is 0 Å². The summed E-state index contributed by atoms with van der Waals surface area (Å²) in [4.78, 5) is 25.9. The fourth-order valence-corrected chi connectivity index (χ4v) is 3.39. The Morgan fingerprint density at radius 3 is 2.22 bits per heavy atom. The lowest BCUT2D eigenvalue weighted by Gasteiger charge is -2.09. The Labute approximate surface area is 185 Å². The Balaban J connectivity index is 1.63. The summed E-state index contributed by atoms with van der Waals surface area (Å²) in [6.07, 6.45) is 1.33. The van der Waals surface area contributed by atoms with Crippen molar-refractivity contribution >= 4 is 28.2 Å². The van der Waals surface area contributed by atoms with Crippen LogP contribution >= 0.6 is 0 Å². The van der Waals surface area contributed by atoms with Crippen LogP contribution in [-0.4, -0.2) is 26.6 Å². The zero-order valence-electron chi connectivity index (χ0n) is 17.3. The van der Waals surface area contributed by atoms with E-state index in [1.807, 2.05) is 6.92 Å². The molecule has 0 fully saturated rings. The van der Waals surface area contributed by atoms with Crippen molar-refractivity contribution in [2.24, 2.45) is 5.10 Å². The molecule has 0 aliphatic rings. The lowest BCUT2D eigenvalue weighted by molar-refractivity contribution is -0.131. The molecule has 3 rings (SSSR count). The zero-order chi connectivity index (χ0) is 23.1. The smallest absolute Gasteiger partial charge is 0.347 e. The summed E-state index contributed by atoms with van der Waals surface area (Å²) in [5.41, 5.74) is 1.64. The second kappa shape index (κ2) is 9.88. The van der Waals surface area contributed by atoms with Gasteiger partial charge in [0.1, 0.15) is 17.1 Å². The van der Waals surface area contributed by atoms with E-state index in [4.69, 9.17) is 9.47 Å². The first-order valence-corrected chi connectivity index (χ1v) is 10.9. The third-order valence-electron chi connectivity index (χ3n) is 4.17. The molecule has 164 valence electrons. The highest BCUT2D eigenvalue weighted by Gasteiger charge is 2.16. The van der Waals surface area contributed by atoms with E-state index in [-0.39, 0.29) is 22.0 Å². The first-order chi connectivity index (χ1) is 15.2. The van der Waals surface area contributed by atoms with Gasteiger partial charge in [-0.05, 0) is 61.0 Å². The Hall–Kier alpha value is -3.98. The van der Waals surface area contributed by atoms with E-state index in [9.17, 15) is 18.0 Å². The molecule has 3 aromatic rings. The van der Waals surface area contributed by atoms with Crippen molar-refractivity contribution in [1.82, 2.24) is 4.83 Å². The molecule has 0 heterocycles. The fraction of sp³-hybridized carbons (Fsp3) is 0.0870. The van der Waals surface area contributed by atoms with Crippen LogP contribution < -0.4 is 14.3 Å². The van der Waals surface area contributed by atoms with Gasteiger partial charge in [-0.1, -0.05) is 29.8 Å². The zero-order valence-corrected chi connectivity index (χ0v) is 18.1. The summed E-state index contributed by atoms with van der Waals surface area (Å²) >= 11 is 0. The van der Waals surface area contributed by atoms with Gasteiger partial charge in [-0.25, -0.2) is 9.63 Å². The number of hydrazone groups is 1. The van der Waals surface area contributed by atoms with Crippen molar-refractivity contribution in [3.8, 4) is 11.5 Å². The number of nitrogens with zero attached hydrogens (tertiary/aromatic N) is 1. The predicted molar refractivity (Wildman–Crippen MR) is 118 cm³/mol. The molecule has 0 unspecified atom stereocenters. The average Bonchev–Trinajstić information content (AvgIpc) is 2.75. The van der Waals surface area contributed by atoms with E-state index < -0.39 is 22.0 Å². The molecule has 0 spiro atoms. The van der Waals surface area contributed by atoms with Crippen molar-refractivity contribution in [2.75, 3.05) is 0 Å². The minimum Gasteiger partial charge on any atom is -0.426 e. The van der Waals surface area contributed by atoms with Crippen LogP contribution in [0.2, 0.25) is 0 Å². The molecule has 0 aliphatic heterocycles. The number of para-hydroxylation sites is 1. The highest BCUT2D eigenvalue weighted by molar-refractivity contribution is 7.89. The van der Waals surface area contributed by atoms with Gasteiger partial charge in [0.25, 0.3) is 10.0 Å². The number of hydrogen-bond acceptors (Lipinski definition) is 7. The number of rotatable bonds is 7. The standard InChI is InChI=1S/C23H20N2O6S/c1-16-7-13-20(14-8-16)32(28,29)25-24-15-18-9-11-19(12-10-18)31-23(27)21-5-3-4-6-22(21)30-17(2)26/h3-15,25H,1-2H3. The molecular formula is C23H20N2O6S. The molecule has 9 heteroatoms. The number of carbonyl (C=O) groups is 2. The largest absolute Gasteiger partial charge is 0.426 e. The van der Waals surface area contributed by atoms with Crippen molar-refractivity contribution in [3.05, 3.63) is 89.5 Å².